The normalized spacial score (nSPS) is 12.1. The van der Waals surface area contributed by atoms with Gasteiger partial charge >= 0.3 is 0 Å². The van der Waals surface area contributed by atoms with Crippen LogP contribution in [0.3, 0.4) is 0 Å². The molecular formula is C17H22N2O2. The van der Waals surface area contributed by atoms with E-state index in [-0.39, 0.29) is 5.91 Å². The predicted molar refractivity (Wildman–Crippen MR) is 82.8 cm³/mol. The van der Waals surface area contributed by atoms with Crippen LogP contribution in [0.2, 0.25) is 0 Å². The highest BCUT2D eigenvalue weighted by molar-refractivity contribution is 5.76. The van der Waals surface area contributed by atoms with Crippen molar-refractivity contribution in [3.8, 4) is 0 Å². The molecule has 0 unspecified atom stereocenters. The minimum Gasteiger partial charge on any atom is -0.387 e. The number of nitrogens with zero attached hydrogens (tertiary/aromatic N) is 1. The van der Waals surface area contributed by atoms with Gasteiger partial charge in [-0.25, -0.2) is 0 Å². The Kier molecular flexibility index (Phi) is 5.58. The molecule has 2 aromatic rings. The highest BCUT2D eigenvalue weighted by Gasteiger charge is 2.10. The smallest absolute Gasteiger partial charge is 0.220 e. The molecule has 0 spiro atoms. The van der Waals surface area contributed by atoms with Gasteiger partial charge in [-0.05, 0) is 30.5 Å². The third kappa shape index (κ3) is 4.76. The van der Waals surface area contributed by atoms with Crippen molar-refractivity contribution in [2.24, 2.45) is 7.05 Å². The van der Waals surface area contributed by atoms with Crippen LogP contribution >= 0.6 is 0 Å². The van der Waals surface area contributed by atoms with Gasteiger partial charge in [-0.2, -0.15) is 0 Å². The summed E-state index contributed by atoms with van der Waals surface area (Å²) in [6.07, 6.45) is 3.10. The van der Waals surface area contributed by atoms with Gasteiger partial charge in [0.25, 0.3) is 0 Å². The molecule has 0 saturated heterocycles. The Morgan fingerprint density at radius 3 is 2.67 bits per heavy atom. The third-order valence-electron chi connectivity index (χ3n) is 3.55. The zero-order valence-electron chi connectivity index (χ0n) is 12.3. The summed E-state index contributed by atoms with van der Waals surface area (Å²) in [6.45, 7) is 0.486. The van der Waals surface area contributed by atoms with Crippen molar-refractivity contribution in [1.29, 1.82) is 0 Å². The van der Waals surface area contributed by atoms with Gasteiger partial charge in [-0.15, -0.1) is 0 Å². The molecule has 2 N–H and O–H groups in total. The second-order valence-electron chi connectivity index (χ2n) is 5.18. The maximum atomic E-state index is 11.8. The first-order chi connectivity index (χ1) is 10.2. The van der Waals surface area contributed by atoms with E-state index >= 15 is 0 Å². The zero-order chi connectivity index (χ0) is 15.1. The monoisotopic (exact) mass is 286 g/mol. The number of nitrogens with one attached hydrogen (secondary N) is 1. The summed E-state index contributed by atoms with van der Waals surface area (Å²) in [4.78, 5) is 11.8. The Morgan fingerprint density at radius 2 is 2.00 bits per heavy atom. The molecule has 112 valence electrons. The van der Waals surface area contributed by atoms with E-state index in [0.29, 0.717) is 19.4 Å². The second-order valence-corrected chi connectivity index (χ2v) is 5.18. The fourth-order valence-corrected chi connectivity index (χ4v) is 2.31. The molecule has 21 heavy (non-hydrogen) atoms. The summed E-state index contributed by atoms with van der Waals surface area (Å²) in [5.41, 5.74) is 2.03. The summed E-state index contributed by atoms with van der Waals surface area (Å²) in [7, 11) is 1.90. The molecule has 4 heteroatoms. The molecule has 1 heterocycles. The largest absolute Gasteiger partial charge is 0.387 e. The van der Waals surface area contributed by atoms with E-state index in [1.165, 1.54) is 0 Å². The first-order valence-electron chi connectivity index (χ1n) is 7.26. The summed E-state index contributed by atoms with van der Waals surface area (Å²) in [5, 5.41) is 12.9. The van der Waals surface area contributed by atoms with Crippen molar-refractivity contribution >= 4 is 5.91 Å². The maximum absolute atomic E-state index is 11.8. The fourth-order valence-electron chi connectivity index (χ4n) is 2.31. The Bertz CT molecular complexity index is 563. The molecule has 1 atom stereocenters. The van der Waals surface area contributed by atoms with Crippen LogP contribution in [0.4, 0.5) is 0 Å². The highest BCUT2D eigenvalue weighted by atomic mass is 16.3. The van der Waals surface area contributed by atoms with E-state index in [2.05, 4.69) is 5.32 Å². The molecular weight excluding hydrogens is 264 g/mol. The second kappa shape index (κ2) is 7.64. The lowest BCUT2D eigenvalue weighted by atomic mass is 10.1. The molecule has 0 bridgehead atoms. The van der Waals surface area contributed by atoms with Gasteiger partial charge in [0, 0.05) is 31.9 Å². The molecule has 1 amide bonds. The van der Waals surface area contributed by atoms with Crippen molar-refractivity contribution in [3.63, 3.8) is 0 Å². The molecule has 0 aliphatic heterocycles. The number of carbonyl (C=O) groups excluding carboxylic acids is 1. The lowest BCUT2D eigenvalue weighted by molar-refractivity contribution is -0.121. The van der Waals surface area contributed by atoms with Crippen molar-refractivity contribution in [2.45, 2.75) is 25.4 Å². The van der Waals surface area contributed by atoms with Crippen LogP contribution < -0.4 is 5.32 Å². The van der Waals surface area contributed by atoms with Crippen LogP contribution in [-0.4, -0.2) is 22.1 Å². The standard InChI is InChI=1S/C17H22N2O2/c1-19-13-5-8-15(19)16(20)11-12-18-17(21)10-9-14-6-3-2-4-7-14/h2-8,13,16,20H,9-12H2,1H3,(H,18,21)/t16-/m1/s1. The number of amides is 1. The Labute approximate surface area is 125 Å². The van der Waals surface area contributed by atoms with Crippen LogP contribution in [0, 0.1) is 0 Å². The minimum absolute atomic E-state index is 0.0259. The van der Waals surface area contributed by atoms with Gasteiger partial charge in [0.05, 0.1) is 6.10 Å². The minimum atomic E-state index is -0.542. The molecule has 1 aromatic carbocycles. The summed E-state index contributed by atoms with van der Waals surface area (Å²) < 4.78 is 1.89. The van der Waals surface area contributed by atoms with Gasteiger partial charge in [-0.3, -0.25) is 4.79 Å². The van der Waals surface area contributed by atoms with Gasteiger partial charge < -0.3 is 15.0 Å². The topological polar surface area (TPSA) is 54.3 Å². The predicted octanol–water partition coefficient (Wildman–Crippen LogP) is 2.20. The molecule has 0 fully saturated rings. The lowest BCUT2D eigenvalue weighted by Crippen LogP contribution is -2.26. The molecule has 1 aromatic heterocycles. The van der Waals surface area contributed by atoms with Crippen LogP contribution in [0.15, 0.2) is 48.7 Å². The van der Waals surface area contributed by atoms with Crippen LogP contribution in [0.1, 0.15) is 30.2 Å². The van der Waals surface area contributed by atoms with Crippen molar-refractivity contribution < 1.29 is 9.90 Å². The number of hydrogen-bond donors (Lipinski definition) is 2. The highest BCUT2D eigenvalue weighted by Crippen LogP contribution is 2.15. The van der Waals surface area contributed by atoms with Gasteiger partial charge in [0.1, 0.15) is 0 Å². The molecule has 2 rings (SSSR count). The van der Waals surface area contributed by atoms with E-state index in [0.717, 1.165) is 17.7 Å². The molecule has 0 saturated carbocycles. The average molecular weight is 286 g/mol. The van der Waals surface area contributed by atoms with Crippen LogP contribution in [-0.2, 0) is 18.3 Å². The van der Waals surface area contributed by atoms with Crippen LogP contribution in [0.5, 0.6) is 0 Å². The number of benzene rings is 1. The quantitative estimate of drug-likeness (QED) is 0.820. The van der Waals surface area contributed by atoms with E-state index in [4.69, 9.17) is 0 Å². The Balaban J connectivity index is 1.66. The van der Waals surface area contributed by atoms with E-state index in [1.54, 1.807) is 0 Å². The number of aliphatic hydroxyl groups is 1. The first kappa shape index (κ1) is 15.3. The first-order valence-corrected chi connectivity index (χ1v) is 7.26. The Morgan fingerprint density at radius 1 is 1.24 bits per heavy atom. The number of aromatic nitrogens is 1. The number of carbonyl (C=O) groups is 1. The van der Waals surface area contributed by atoms with Crippen LogP contribution in [0.25, 0.3) is 0 Å². The summed E-state index contributed by atoms with van der Waals surface area (Å²) in [6, 6.07) is 13.7. The molecule has 0 radical (unpaired) electrons. The van der Waals surface area contributed by atoms with E-state index in [1.807, 2.05) is 60.3 Å². The van der Waals surface area contributed by atoms with E-state index in [9.17, 15) is 9.90 Å². The number of hydrogen-bond acceptors (Lipinski definition) is 2. The summed E-state index contributed by atoms with van der Waals surface area (Å²) in [5.74, 6) is 0.0259. The lowest BCUT2D eigenvalue weighted by Gasteiger charge is -2.12. The third-order valence-corrected chi connectivity index (χ3v) is 3.55. The van der Waals surface area contributed by atoms with E-state index < -0.39 is 6.10 Å². The Hall–Kier alpha value is -2.07. The van der Waals surface area contributed by atoms with Gasteiger partial charge in [0.15, 0.2) is 0 Å². The molecule has 0 aliphatic rings. The summed E-state index contributed by atoms with van der Waals surface area (Å²) >= 11 is 0. The fraction of sp³-hybridized carbons (Fsp3) is 0.353. The maximum Gasteiger partial charge on any atom is 0.220 e. The van der Waals surface area contributed by atoms with Crippen molar-refractivity contribution in [2.75, 3.05) is 6.54 Å². The van der Waals surface area contributed by atoms with Gasteiger partial charge in [-0.1, -0.05) is 30.3 Å². The average Bonchev–Trinajstić information content (AvgIpc) is 2.92. The van der Waals surface area contributed by atoms with Gasteiger partial charge in [0.2, 0.25) is 5.91 Å². The molecule has 0 aliphatic carbocycles. The number of aryl methyl sites for hydroxylation is 2. The van der Waals surface area contributed by atoms with Crippen molar-refractivity contribution in [3.05, 3.63) is 59.9 Å². The van der Waals surface area contributed by atoms with Crippen molar-refractivity contribution in [1.82, 2.24) is 9.88 Å². The number of aliphatic hydroxyl groups excluding tert-OH is 1. The SMILES string of the molecule is Cn1cccc1[C@H](O)CCNC(=O)CCc1ccccc1. The zero-order valence-corrected chi connectivity index (χ0v) is 12.3. The number of rotatable bonds is 7. The molecule has 4 nitrogen and oxygen atoms in total.